The van der Waals surface area contributed by atoms with E-state index in [2.05, 4.69) is 20.1 Å². The molecule has 1 N–H and O–H groups in total. The van der Waals surface area contributed by atoms with Gasteiger partial charge in [-0.2, -0.15) is 0 Å². The predicted molar refractivity (Wildman–Crippen MR) is 35.7 cm³/mol. The van der Waals surface area contributed by atoms with E-state index in [4.69, 9.17) is 5.11 Å². The SMILES string of the molecule is CC(C)(CO)COBr. The maximum Gasteiger partial charge on any atom is 0.0988 e. The molecule has 0 aromatic heterocycles. The smallest absolute Gasteiger partial charge is 0.0988 e. The van der Waals surface area contributed by atoms with Crippen molar-refractivity contribution in [1.82, 2.24) is 0 Å². The summed E-state index contributed by atoms with van der Waals surface area (Å²) in [5.41, 5.74) is -0.122. The third-order valence-electron chi connectivity index (χ3n) is 0.873. The Labute approximate surface area is 58.3 Å². The molecule has 0 aromatic carbocycles. The first kappa shape index (κ1) is 8.40. The molecule has 0 fully saturated rings. The summed E-state index contributed by atoms with van der Waals surface area (Å²) in [6.45, 7) is 4.53. The summed E-state index contributed by atoms with van der Waals surface area (Å²) in [6, 6.07) is 0. The summed E-state index contributed by atoms with van der Waals surface area (Å²) in [5.74, 6) is 0. The summed E-state index contributed by atoms with van der Waals surface area (Å²) in [7, 11) is 0. The molecule has 0 aliphatic heterocycles. The third-order valence-corrected chi connectivity index (χ3v) is 1.10. The van der Waals surface area contributed by atoms with Crippen LogP contribution in [0.5, 0.6) is 0 Å². The second-order valence-electron chi connectivity index (χ2n) is 2.58. The van der Waals surface area contributed by atoms with Crippen LogP contribution < -0.4 is 0 Å². The van der Waals surface area contributed by atoms with Crippen molar-refractivity contribution in [2.75, 3.05) is 13.2 Å². The van der Waals surface area contributed by atoms with Crippen molar-refractivity contribution in [2.24, 2.45) is 5.41 Å². The topological polar surface area (TPSA) is 29.5 Å². The Balaban J connectivity index is 3.37. The van der Waals surface area contributed by atoms with Crippen molar-refractivity contribution in [3.05, 3.63) is 0 Å². The molecule has 0 amide bonds. The maximum atomic E-state index is 8.62. The van der Waals surface area contributed by atoms with Crippen LogP contribution in [0.1, 0.15) is 13.8 Å². The Morgan fingerprint density at radius 3 is 2.25 bits per heavy atom. The number of hydrogen-bond donors (Lipinski definition) is 1. The van der Waals surface area contributed by atoms with Crippen LogP contribution in [0.3, 0.4) is 0 Å². The zero-order valence-electron chi connectivity index (χ0n) is 5.15. The fourth-order valence-corrected chi connectivity index (χ4v) is 0.813. The van der Waals surface area contributed by atoms with Gasteiger partial charge in [0.05, 0.1) is 29.5 Å². The highest BCUT2D eigenvalue weighted by Crippen LogP contribution is 2.14. The van der Waals surface area contributed by atoms with Gasteiger partial charge in [0.2, 0.25) is 0 Å². The van der Waals surface area contributed by atoms with Gasteiger partial charge in [0, 0.05) is 5.41 Å². The van der Waals surface area contributed by atoms with Gasteiger partial charge in [0.25, 0.3) is 0 Å². The van der Waals surface area contributed by atoms with Gasteiger partial charge >= 0.3 is 0 Å². The fraction of sp³-hybridized carbons (Fsp3) is 1.00. The van der Waals surface area contributed by atoms with Crippen LogP contribution in [0, 0.1) is 5.41 Å². The third kappa shape index (κ3) is 3.41. The minimum atomic E-state index is -0.122. The fourth-order valence-electron chi connectivity index (χ4n) is 0.193. The highest BCUT2D eigenvalue weighted by Gasteiger charge is 2.15. The molecule has 2 nitrogen and oxygen atoms in total. The van der Waals surface area contributed by atoms with Crippen LogP contribution in [0.15, 0.2) is 0 Å². The lowest BCUT2D eigenvalue weighted by molar-refractivity contribution is 0.113. The largest absolute Gasteiger partial charge is 0.396 e. The lowest BCUT2D eigenvalue weighted by Crippen LogP contribution is -2.21. The first-order valence-corrected chi connectivity index (χ1v) is 3.11. The Kier molecular flexibility index (Phi) is 3.60. The highest BCUT2D eigenvalue weighted by molar-refractivity contribution is 9.06. The van der Waals surface area contributed by atoms with Crippen LogP contribution in [0.2, 0.25) is 0 Å². The first-order valence-electron chi connectivity index (χ1n) is 2.47. The van der Waals surface area contributed by atoms with Gasteiger partial charge in [-0.25, -0.2) is 0 Å². The average molecular weight is 183 g/mol. The average Bonchev–Trinajstić information content (AvgIpc) is 1.67. The minimum Gasteiger partial charge on any atom is -0.396 e. The molecule has 3 heteroatoms. The van der Waals surface area contributed by atoms with Gasteiger partial charge in [-0.15, -0.1) is 0 Å². The normalized spacial score (nSPS) is 12.0. The van der Waals surface area contributed by atoms with Gasteiger partial charge in [-0.05, 0) is 0 Å². The van der Waals surface area contributed by atoms with E-state index in [0.717, 1.165) is 0 Å². The zero-order chi connectivity index (χ0) is 6.62. The van der Waals surface area contributed by atoms with Crippen molar-refractivity contribution >= 4 is 16.3 Å². The van der Waals surface area contributed by atoms with Crippen LogP contribution >= 0.6 is 16.3 Å². The van der Waals surface area contributed by atoms with Gasteiger partial charge in [-0.1, -0.05) is 13.8 Å². The molecule has 0 unspecified atom stereocenters. The second kappa shape index (κ2) is 3.43. The van der Waals surface area contributed by atoms with Crippen LogP contribution in [0.4, 0.5) is 0 Å². The van der Waals surface area contributed by atoms with E-state index in [0.29, 0.717) is 6.61 Å². The van der Waals surface area contributed by atoms with E-state index in [9.17, 15) is 0 Å². The minimum absolute atomic E-state index is 0.122. The van der Waals surface area contributed by atoms with Crippen molar-refractivity contribution < 1.29 is 8.93 Å². The standard InChI is InChI=1S/C5H11BrO2/c1-5(2,3-7)4-8-6/h7H,3-4H2,1-2H3. The molecule has 0 bridgehead atoms. The molecular formula is C5H11BrO2. The molecule has 0 saturated heterocycles. The lowest BCUT2D eigenvalue weighted by Gasteiger charge is -2.18. The molecule has 8 heavy (non-hydrogen) atoms. The number of hydrogen-bond acceptors (Lipinski definition) is 2. The van der Waals surface area contributed by atoms with E-state index in [1.165, 1.54) is 0 Å². The Hall–Kier alpha value is 0.400. The molecule has 0 radical (unpaired) electrons. The molecular weight excluding hydrogens is 172 g/mol. The molecule has 50 valence electrons. The summed E-state index contributed by atoms with van der Waals surface area (Å²) in [4.78, 5) is 0. The molecule has 0 aliphatic carbocycles. The monoisotopic (exact) mass is 182 g/mol. The van der Waals surface area contributed by atoms with Gasteiger partial charge < -0.3 is 8.93 Å². The number of aliphatic hydroxyl groups is 1. The summed E-state index contributed by atoms with van der Waals surface area (Å²) >= 11 is 2.81. The Morgan fingerprint density at radius 1 is 1.62 bits per heavy atom. The number of halogens is 1. The van der Waals surface area contributed by atoms with Gasteiger partial charge in [0.1, 0.15) is 0 Å². The van der Waals surface area contributed by atoms with Crippen LogP contribution in [0.25, 0.3) is 0 Å². The molecule has 0 spiro atoms. The van der Waals surface area contributed by atoms with Crippen molar-refractivity contribution in [1.29, 1.82) is 0 Å². The molecule has 0 aromatic rings. The molecule has 0 aliphatic rings. The van der Waals surface area contributed by atoms with Crippen LogP contribution in [-0.4, -0.2) is 18.3 Å². The maximum absolute atomic E-state index is 8.62. The lowest BCUT2D eigenvalue weighted by atomic mass is 9.97. The molecule has 0 rings (SSSR count). The zero-order valence-corrected chi connectivity index (χ0v) is 6.73. The summed E-state index contributed by atoms with van der Waals surface area (Å²) in [5, 5.41) is 8.62. The predicted octanol–water partition coefficient (Wildman–Crippen LogP) is 1.33. The van der Waals surface area contributed by atoms with E-state index in [1.54, 1.807) is 0 Å². The van der Waals surface area contributed by atoms with Gasteiger partial charge in [0.15, 0.2) is 0 Å². The summed E-state index contributed by atoms with van der Waals surface area (Å²) < 4.78 is 4.65. The first-order chi connectivity index (χ1) is 3.62. The van der Waals surface area contributed by atoms with E-state index >= 15 is 0 Å². The Bertz CT molecular complexity index is 63.4. The van der Waals surface area contributed by atoms with Crippen LogP contribution in [-0.2, 0) is 3.83 Å². The number of aliphatic hydroxyl groups excluding tert-OH is 1. The van der Waals surface area contributed by atoms with E-state index in [1.807, 2.05) is 13.8 Å². The van der Waals surface area contributed by atoms with E-state index in [-0.39, 0.29) is 12.0 Å². The van der Waals surface area contributed by atoms with E-state index < -0.39 is 0 Å². The van der Waals surface area contributed by atoms with Crippen molar-refractivity contribution in [3.8, 4) is 0 Å². The van der Waals surface area contributed by atoms with Gasteiger partial charge in [-0.3, -0.25) is 0 Å². The quantitative estimate of drug-likeness (QED) is 0.715. The van der Waals surface area contributed by atoms with Crippen molar-refractivity contribution in [3.63, 3.8) is 0 Å². The molecule has 0 saturated carbocycles. The second-order valence-corrected chi connectivity index (χ2v) is 3.03. The highest BCUT2D eigenvalue weighted by atomic mass is 79.9. The Morgan fingerprint density at radius 2 is 2.12 bits per heavy atom. The molecule has 0 atom stereocenters. The summed E-state index contributed by atoms with van der Waals surface area (Å²) in [6.07, 6.45) is 0. The van der Waals surface area contributed by atoms with Crippen molar-refractivity contribution in [2.45, 2.75) is 13.8 Å². The number of rotatable bonds is 3. The molecule has 0 heterocycles.